The van der Waals surface area contributed by atoms with Gasteiger partial charge in [0.25, 0.3) is 5.92 Å². The molecule has 0 fully saturated rings. The summed E-state index contributed by atoms with van der Waals surface area (Å²) in [5, 5.41) is 8.71. The molecule has 2 nitrogen and oxygen atoms in total. The predicted octanol–water partition coefficient (Wildman–Crippen LogP) is 3.20. The summed E-state index contributed by atoms with van der Waals surface area (Å²) in [6.07, 6.45) is 0. The highest BCUT2D eigenvalue weighted by molar-refractivity contribution is 8.00. The topological polar surface area (TPSA) is 46.2 Å². The molecule has 0 amide bonds. The van der Waals surface area contributed by atoms with Gasteiger partial charge in [-0.1, -0.05) is 39.0 Å². The average Bonchev–Trinajstić information content (AvgIpc) is 2.26. The Hall–Kier alpha value is -0.650. The lowest BCUT2D eigenvalue weighted by atomic mass is 10.0. The molecule has 1 aromatic carbocycles. The molecule has 0 radical (unpaired) electrons. The van der Waals surface area contributed by atoms with Gasteiger partial charge in [-0.2, -0.15) is 0 Å². The van der Waals surface area contributed by atoms with E-state index in [0.717, 1.165) is 4.90 Å². The second-order valence-corrected chi connectivity index (χ2v) is 7.02. The van der Waals surface area contributed by atoms with Gasteiger partial charge in [0.15, 0.2) is 0 Å². The normalized spacial score (nSPS) is 14.6. The average molecular weight is 275 g/mol. The van der Waals surface area contributed by atoms with Crippen LogP contribution in [0.3, 0.4) is 0 Å². The lowest BCUT2D eigenvalue weighted by Crippen LogP contribution is -2.36. The molecular weight excluding hydrogens is 256 g/mol. The number of hydrogen-bond donors (Lipinski definition) is 2. The Balaban J connectivity index is 3.09. The maximum atomic E-state index is 13.5. The Morgan fingerprint density at radius 3 is 2.33 bits per heavy atom. The molecular formula is C13H19F2NOS. The third kappa shape index (κ3) is 3.93. The van der Waals surface area contributed by atoms with Crippen LogP contribution in [0.1, 0.15) is 32.4 Å². The molecule has 0 aromatic heterocycles. The highest BCUT2D eigenvalue weighted by Crippen LogP contribution is 2.39. The lowest BCUT2D eigenvalue weighted by molar-refractivity contribution is -0.0717. The van der Waals surface area contributed by atoms with Crippen LogP contribution in [0.15, 0.2) is 29.2 Å². The zero-order valence-electron chi connectivity index (χ0n) is 10.8. The summed E-state index contributed by atoms with van der Waals surface area (Å²) >= 11 is 1.49. The molecule has 0 aliphatic carbocycles. The zero-order valence-corrected chi connectivity index (χ0v) is 11.6. The molecule has 1 atom stereocenters. The van der Waals surface area contributed by atoms with Crippen LogP contribution < -0.4 is 5.73 Å². The second-order valence-electron chi connectivity index (χ2n) is 5.15. The van der Waals surface area contributed by atoms with Gasteiger partial charge < -0.3 is 10.8 Å². The van der Waals surface area contributed by atoms with Crippen molar-refractivity contribution in [2.24, 2.45) is 5.73 Å². The SMILES string of the molecule is CC(C)(C)Sc1ccccc1[C@H](N)C(F)(F)CO. The van der Waals surface area contributed by atoms with Crippen molar-refractivity contribution in [3.05, 3.63) is 29.8 Å². The number of alkyl halides is 2. The molecule has 0 aliphatic heterocycles. The summed E-state index contributed by atoms with van der Waals surface area (Å²) in [5.74, 6) is -3.31. The van der Waals surface area contributed by atoms with Gasteiger partial charge in [0, 0.05) is 9.64 Å². The van der Waals surface area contributed by atoms with Gasteiger partial charge in [-0.25, -0.2) is 8.78 Å². The first-order valence-electron chi connectivity index (χ1n) is 5.69. The van der Waals surface area contributed by atoms with Crippen molar-refractivity contribution >= 4 is 11.8 Å². The maximum absolute atomic E-state index is 13.5. The summed E-state index contributed by atoms with van der Waals surface area (Å²) in [7, 11) is 0. The Morgan fingerprint density at radius 2 is 1.83 bits per heavy atom. The highest BCUT2D eigenvalue weighted by atomic mass is 32.2. The molecule has 0 aliphatic rings. The number of halogens is 2. The van der Waals surface area contributed by atoms with Crippen LogP contribution in [-0.4, -0.2) is 22.4 Å². The van der Waals surface area contributed by atoms with Gasteiger partial charge >= 0.3 is 0 Å². The van der Waals surface area contributed by atoms with Crippen molar-refractivity contribution in [1.82, 2.24) is 0 Å². The summed E-state index contributed by atoms with van der Waals surface area (Å²) in [4.78, 5) is 0.727. The van der Waals surface area contributed by atoms with Crippen molar-refractivity contribution < 1.29 is 13.9 Å². The number of aliphatic hydroxyl groups excluding tert-OH is 1. The minimum absolute atomic E-state index is 0.0929. The predicted molar refractivity (Wildman–Crippen MR) is 71.0 cm³/mol. The molecule has 18 heavy (non-hydrogen) atoms. The Labute approximate surface area is 111 Å². The van der Waals surface area contributed by atoms with Gasteiger partial charge in [0.2, 0.25) is 0 Å². The van der Waals surface area contributed by atoms with Crippen molar-refractivity contribution in [1.29, 1.82) is 0 Å². The quantitative estimate of drug-likeness (QED) is 0.829. The number of nitrogens with two attached hydrogens (primary N) is 1. The molecule has 0 spiro atoms. The fourth-order valence-electron chi connectivity index (χ4n) is 1.49. The van der Waals surface area contributed by atoms with E-state index < -0.39 is 18.6 Å². The monoisotopic (exact) mass is 275 g/mol. The largest absolute Gasteiger partial charge is 0.390 e. The summed E-state index contributed by atoms with van der Waals surface area (Å²) in [6, 6.07) is 5.34. The number of thioether (sulfide) groups is 1. The first kappa shape index (κ1) is 15.4. The van der Waals surface area contributed by atoms with Crippen LogP contribution in [0.4, 0.5) is 8.78 Å². The first-order chi connectivity index (χ1) is 8.17. The Kier molecular flexibility index (Phi) is 4.75. The van der Waals surface area contributed by atoms with Crippen molar-refractivity contribution in [2.45, 2.75) is 42.4 Å². The molecule has 102 valence electrons. The highest BCUT2D eigenvalue weighted by Gasteiger charge is 2.38. The van der Waals surface area contributed by atoms with Gasteiger partial charge in [0.1, 0.15) is 6.61 Å². The molecule has 0 unspecified atom stereocenters. The van der Waals surface area contributed by atoms with Gasteiger partial charge in [0.05, 0.1) is 6.04 Å². The van der Waals surface area contributed by atoms with Crippen molar-refractivity contribution in [3.63, 3.8) is 0 Å². The summed E-state index contributed by atoms with van der Waals surface area (Å²) in [5.41, 5.74) is 5.95. The van der Waals surface area contributed by atoms with Crippen molar-refractivity contribution in [3.8, 4) is 0 Å². The maximum Gasteiger partial charge on any atom is 0.289 e. The zero-order chi connectivity index (χ0) is 14.0. The van der Waals surface area contributed by atoms with E-state index in [1.54, 1.807) is 24.3 Å². The van der Waals surface area contributed by atoms with Crippen LogP contribution in [0.25, 0.3) is 0 Å². The molecule has 0 saturated heterocycles. The van der Waals surface area contributed by atoms with Crippen LogP contribution in [0.5, 0.6) is 0 Å². The number of hydrogen-bond acceptors (Lipinski definition) is 3. The van der Waals surface area contributed by atoms with E-state index in [-0.39, 0.29) is 4.75 Å². The van der Waals surface area contributed by atoms with E-state index in [0.29, 0.717) is 5.56 Å². The standard InChI is InChI=1S/C13H19F2NOS/c1-12(2,3)18-10-7-5-4-6-9(10)11(16)13(14,15)8-17/h4-7,11,17H,8,16H2,1-3H3/t11-/m0/s1. The summed E-state index contributed by atoms with van der Waals surface area (Å²) < 4.78 is 26.8. The molecule has 1 aromatic rings. The molecule has 5 heteroatoms. The van der Waals surface area contributed by atoms with E-state index in [9.17, 15) is 8.78 Å². The van der Waals surface area contributed by atoms with Gasteiger partial charge in [-0.15, -0.1) is 11.8 Å². The van der Waals surface area contributed by atoms with Crippen LogP contribution in [0.2, 0.25) is 0 Å². The second kappa shape index (κ2) is 5.55. The summed E-state index contributed by atoms with van der Waals surface area (Å²) in [6.45, 7) is 4.77. The van der Waals surface area contributed by atoms with E-state index in [1.807, 2.05) is 20.8 Å². The fourth-order valence-corrected chi connectivity index (χ4v) is 2.61. The molecule has 0 heterocycles. The molecule has 0 bridgehead atoms. The van der Waals surface area contributed by atoms with Gasteiger partial charge in [-0.3, -0.25) is 0 Å². The third-order valence-electron chi connectivity index (χ3n) is 2.34. The van der Waals surface area contributed by atoms with Gasteiger partial charge in [-0.05, 0) is 11.6 Å². The molecule has 1 rings (SSSR count). The number of rotatable bonds is 4. The van der Waals surface area contributed by atoms with Crippen LogP contribution in [0, 0.1) is 0 Å². The first-order valence-corrected chi connectivity index (χ1v) is 6.51. The van der Waals surface area contributed by atoms with Crippen molar-refractivity contribution in [2.75, 3.05) is 6.61 Å². The minimum Gasteiger partial charge on any atom is -0.390 e. The molecule has 3 N–H and O–H groups in total. The van der Waals surface area contributed by atoms with E-state index in [4.69, 9.17) is 10.8 Å². The van der Waals surface area contributed by atoms with Crippen LogP contribution >= 0.6 is 11.8 Å². The number of benzene rings is 1. The van der Waals surface area contributed by atoms with E-state index in [1.165, 1.54) is 11.8 Å². The van der Waals surface area contributed by atoms with Crippen LogP contribution in [-0.2, 0) is 0 Å². The number of aliphatic hydroxyl groups is 1. The minimum atomic E-state index is -3.31. The third-order valence-corrected chi connectivity index (χ3v) is 3.54. The van der Waals surface area contributed by atoms with E-state index >= 15 is 0 Å². The van der Waals surface area contributed by atoms with E-state index in [2.05, 4.69) is 0 Å². The molecule has 0 saturated carbocycles. The Morgan fingerprint density at radius 1 is 1.28 bits per heavy atom. The Bertz CT molecular complexity index is 404. The lowest BCUT2D eigenvalue weighted by Gasteiger charge is -2.26. The fraction of sp³-hybridized carbons (Fsp3) is 0.538. The smallest absolute Gasteiger partial charge is 0.289 e.